The molecule has 1 aliphatic rings. The van der Waals surface area contributed by atoms with Gasteiger partial charge in [0.25, 0.3) is 0 Å². The minimum Gasteiger partial charge on any atom is -0.469 e. The predicted molar refractivity (Wildman–Crippen MR) is 73.9 cm³/mol. The van der Waals surface area contributed by atoms with Gasteiger partial charge in [-0.15, -0.1) is 0 Å². The summed E-state index contributed by atoms with van der Waals surface area (Å²) in [5.41, 5.74) is 3.71. The second kappa shape index (κ2) is 4.85. The molecule has 0 fully saturated rings. The lowest BCUT2D eigenvalue weighted by Gasteiger charge is -2.26. The third-order valence-corrected chi connectivity index (χ3v) is 4.02. The Balaban J connectivity index is 1.78. The third-order valence-electron chi connectivity index (χ3n) is 4.02. The summed E-state index contributed by atoms with van der Waals surface area (Å²) in [6.45, 7) is 4.27. The maximum absolute atomic E-state index is 5.54. The van der Waals surface area contributed by atoms with Crippen LogP contribution in [0.15, 0.2) is 22.9 Å². The molecule has 0 aliphatic heterocycles. The fourth-order valence-corrected chi connectivity index (χ4v) is 3.09. The van der Waals surface area contributed by atoms with E-state index < -0.39 is 0 Å². The SMILES string of the molecule is Cc1nn(C)cc1C(C)NC1CCCc2occc21. The highest BCUT2D eigenvalue weighted by atomic mass is 16.3. The van der Waals surface area contributed by atoms with Crippen LogP contribution in [0.25, 0.3) is 0 Å². The Hall–Kier alpha value is -1.55. The maximum Gasteiger partial charge on any atom is 0.108 e. The topological polar surface area (TPSA) is 43.0 Å². The second-order valence-electron chi connectivity index (χ2n) is 5.48. The Bertz CT molecular complexity index is 570. The average molecular weight is 259 g/mol. The Morgan fingerprint density at radius 2 is 2.37 bits per heavy atom. The zero-order valence-electron chi connectivity index (χ0n) is 11.8. The number of fused-ring (bicyclic) bond motifs is 1. The highest BCUT2D eigenvalue weighted by Gasteiger charge is 2.24. The molecule has 0 spiro atoms. The molecular formula is C15H21N3O. The third kappa shape index (κ3) is 2.32. The van der Waals surface area contributed by atoms with E-state index in [0.29, 0.717) is 12.1 Å². The molecule has 4 nitrogen and oxygen atoms in total. The van der Waals surface area contributed by atoms with Gasteiger partial charge in [0.15, 0.2) is 0 Å². The molecule has 0 saturated carbocycles. The summed E-state index contributed by atoms with van der Waals surface area (Å²) in [7, 11) is 1.97. The number of nitrogens with zero attached hydrogens (tertiary/aromatic N) is 2. The van der Waals surface area contributed by atoms with Crippen LogP contribution in [0.1, 0.15) is 54.4 Å². The summed E-state index contributed by atoms with van der Waals surface area (Å²) in [6, 6.07) is 2.81. The van der Waals surface area contributed by atoms with Gasteiger partial charge in [-0.1, -0.05) is 0 Å². The largest absolute Gasteiger partial charge is 0.469 e. The fourth-order valence-electron chi connectivity index (χ4n) is 3.09. The van der Waals surface area contributed by atoms with Crippen molar-refractivity contribution in [2.45, 2.75) is 45.2 Å². The molecule has 1 N–H and O–H groups in total. The molecule has 4 heteroatoms. The van der Waals surface area contributed by atoms with E-state index in [9.17, 15) is 0 Å². The van der Waals surface area contributed by atoms with Crippen molar-refractivity contribution in [2.75, 3.05) is 0 Å². The zero-order chi connectivity index (χ0) is 13.4. The van der Waals surface area contributed by atoms with Crippen molar-refractivity contribution < 1.29 is 4.42 Å². The Morgan fingerprint density at radius 3 is 3.11 bits per heavy atom. The summed E-state index contributed by atoms with van der Waals surface area (Å²) >= 11 is 0. The molecule has 0 bridgehead atoms. The summed E-state index contributed by atoms with van der Waals surface area (Å²) in [5.74, 6) is 1.15. The fraction of sp³-hybridized carbons (Fsp3) is 0.533. The maximum atomic E-state index is 5.54. The van der Waals surface area contributed by atoms with E-state index in [4.69, 9.17) is 4.42 Å². The monoisotopic (exact) mass is 259 g/mol. The lowest BCUT2D eigenvalue weighted by atomic mass is 9.92. The number of furan rings is 1. The van der Waals surface area contributed by atoms with Crippen molar-refractivity contribution in [1.82, 2.24) is 15.1 Å². The lowest BCUT2D eigenvalue weighted by Crippen LogP contribution is -2.27. The highest BCUT2D eigenvalue weighted by Crippen LogP contribution is 2.32. The van der Waals surface area contributed by atoms with Gasteiger partial charge >= 0.3 is 0 Å². The van der Waals surface area contributed by atoms with Crippen molar-refractivity contribution in [3.8, 4) is 0 Å². The molecule has 2 aromatic heterocycles. The molecule has 102 valence electrons. The molecule has 0 saturated heterocycles. The highest BCUT2D eigenvalue weighted by molar-refractivity contribution is 5.26. The first-order valence-corrected chi connectivity index (χ1v) is 6.97. The van der Waals surface area contributed by atoms with E-state index in [-0.39, 0.29) is 0 Å². The van der Waals surface area contributed by atoms with Crippen molar-refractivity contribution in [2.24, 2.45) is 7.05 Å². The minimum atomic E-state index is 0.305. The number of hydrogen-bond donors (Lipinski definition) is 1. The normalized spacial score (nSPS) is 20.3. The predicted octanol–water partition coefficient (Wildman–Crippen LogP) is 3.05. The summed E-state index contributed by atoms with van der Waals surface area (Å²) in [5, 5.41) is 8.14. The van der Waals surface area contributed by atoms with Gasteiger partial charge in [-0.05, 0) is 32.8 Å². The Labute approximate surface area is 113 Å². The van der Waals surface area contributed by atoms with Gasteiger partial charge in [-0.3, -0.25) is 4.68 Å². The van der Waals surface area contributed by atoms with Crippen LogP contribution in [0.3, 0.4) is 0 Å². The quantitative estimate of drug-likeness (QED) is 0.921. The molecule has 19 heavy (non-hydrogen) atoms. The number of nitrogens with one attached hydrogen (secondary N) is 1. The van der Waals surface area contributed by atoms with Gasteiger partial charge in [0.05, 0.1) is 12.0 Å². The number of hydrogen-bond acceptors (Lipinski definition) is 3. The van der Waals surface area contributed by atoms with Gasteiger partial charge in [0.1, 0.15) is 5.76 Å². The molecule has 2 atom stereocenters. The van der Waals surface area contributed by atoms with Crippen molar-refractivity contribution in [1.29, 1.82) is 0 Å². The van der Waals surface area contributed by atoms with Crippen LogP contribution >= 0.6 is 0 Å². The second-order valence-corrected chi connectivity index (χ2v) is 5.48. The van der Waals surface area contributed by atoms with E-state index in [2.05, 4.69) is 36.5 Å². The molecule has 0 radical (unpaired) electrons. The molecule has 0 amide bonds. The van der Waals surface area contributed by atoms with Crippen LogP contribution in [0.2, 0.25) is 0 Å². The Kier molecular flexibility index (Phi) is 3.19. The first kappa shape index (κ1) is 12.5. The first-order chi connectivity index (χ1) is 9.15. The molecular weight excluding hydrogens is 238 g/mol. The smallest absolute Gasteiger partial charge is 0.108 e. The number of aryl methyl sites for hydroxylation is 3. The van der Waals surface area contributed by atoms with Crippen LogP contribution in [0.4, 0.5) is 0 Å². The van der Waals surface area contributed by atoms with Crippen LogP contribution < -0.4 is 5.32 Å². The standard InChI is InChI=1S/C15H21N3O/c1-10(13-9-18(3)17-11(13)2)16-14-5-4-6-15-12(14)7-8-19-15/h7-10,14,16H,4-6H2,1-3H3. The molecule has 0 aromatic carbocycles. The van der Waals surface area contributed by atoms with Crippen molar-refractivity contribution >= 4 is 0 Å². The molecule has 3 rings (SSSR count). The van der Waals surface area contributed by atoms with Crippen LogP contribution in [-0.2, 0) is 13.5 Å². The van der Waals surface area contributed by atoms with Crippen LogP contribution in [0, 0.1) is 6.92 Å². The molecule has 1 aliphatic carbocycles. The van der Waals surface area contributed by atoms with E-state index in [1.807, 2.05) is 18.0 Å². The van der Waals surface area contributed by atoms with Gasteiger partial charge in [0, 0.05) is 42.9 Å². The van der Waals surface area contributed by atoms with Crippen molar-refractivity contribution in [3.63, 3.8) is 0 Å². The average Bonchev–Trinajstić information content (AvgIpc) is 2.96. The summed E-state index contributed by atoms with van der Waals surface area (Å²) in [6.07, 6.45) is 7.35. The lowest BCUT2D eigenvalue weighted by molar-refractivity contribution is 0.385. The van der Waals surface area contributed by atoms with Gasteiger partial charge in [-0.2, -0.15) is 5.10 Å². The van der Waals surface area contributed by atoms with E-state index in [1.165, 1.54) is 24.0 Å². The van der Waals surface area contributed by atoms with Gasteiger partial charge < -0.3 is 9.73 Å². The Morgan fingerprint density at radius 1 is 1.53 bits per heavy atom. The molecule has 2 unspecified atom stereocenters. The van der Waals surface area contributed by atoms with Gasteiger partial charge in [0.2, 0.25) is 0 Å². The molecule has 2 heterocycles. The molecule has 2 aromatic rings. The zero-order valence-corrected chi connectivity index (χ0v) is 11.8. The van der Waals surface area contributed by atoms with E-state index in [1.54, 1.807) is 0 Å². The van der Waals surface area contributed by atoms with Gasteiger partial charge in [-0.25, -0.2) is 0 Å². The van der Waals surface area contributed by atoms with Crippen molar-refractivity contribution in [3.05, 3.63) is 41.1 Å². The summed E-state index contributed by atoms with van der Waals surface area (Å²) in [4.78, 5) is 0. The van der Waals surface area contributed by atoms with E-state index >= 15 is 0 Å². The van der Waals surface area contributed by atoms with E-state index in [0.717, 1.165) is 17.9 Å². The van der Waals surface area contributed by atoms with Crippen LogP contribution in [-0.4, -0.2) is 9.78 Å². The van der Waals surface area contributed by atoms with Crippen LogP contribution in [0.5, 0.6) is 0 Å². The first-order valence-electron chi connectivity index (χ1n) is 6.97. The summed E-state index contributed by atoms with van der Waals surface area (Å²) < 4.78 is 7.43. The number of aromatic nitrogens is 2. The number of rotatable bonds is 3. The minimum absolute atomic E-state index is 0.305.